The Morgan fingerprint density at radius 1 is 0.857 bits per heavy atom. The number of piperazine rings is 1. The zero-order valence-electron chi connectivity index (χ0n) is 16.9. The molecule has 3 saturated heterocycles. The van der Waals surface area contributed by atoms with Crippen molar-refractivity contribution in [2.75, 3.05) is 58.9 Å². The van der Waals surface area contributed by atoms with Crippen molar-refractivity contribution in [2.45, 2.75) is 44.9 Å². The molecule has 8 heteroatoms. The van der Waals surface area contributed by atoms with Crippen molar-refractivity contribution in [2.24, 2.45) is 11.3 Å². The van der Waals surface area contributed by atoms with Gasteiger partial charge in [0.25, 0.3) is 0 Å². The molecular formula is C20H36Cl2N4O2. The van der Waals surface area contributed by atoms with Crippen molar-refractivity contribution in [1.82, 2.24) is 20.0 Å². The Balaban J connectivity index is 0.00000140. The zero-order chi connectivity index (χ0) is 18.0. The molecule has 1 aliphatic carbocycles. The second kappa shape index (κ2) is 10.5. The van der Waals surface area contributed by atoms with E-state index in [9.17, 15) is 9.59 Å². The highest BCUT2D eigenvalue weighted by Crippen LogP contribution is 2.45. The number of hydrogen-bond acceptors (Lipinski definition) is 4. The number of rotatable bonds is 3. The van der Waals surface area contributed by atoms with Crippen LogP contribution in [0.5, 0.6) is 0 Å². The first kappa shape index (κ1) is 23.7. The van der Waals surface area contributed by atoms with Gasteiger partial charge in [-0.25, -0.2) is 0 Å². The van der Waals surface area contributed by atoms with Crippen LogP contribution in [0.25, 0.3) is 0 Å². The summed E-state index contributed by atoms with van der Waals surface area (Å²) in [5.41, 5.74) is -0.135. The quantitative estimate of drug-likeness (QED) is 0.734. The summed E-state index contributed by atoms with van der Waals surface area (Å²) >= 11 is 0. The molecule has 162 valence electrons. The van der Waals surface area contributed by atoms with E-state index in [1.807, 2.05) is 4.90 Å². The molecule has 2 amide bonds. The number of amides is 2. The summed E-state index contributed by atoms with van der Waals surface area (Å²) in [6.45, 7) is 7.47. The maximum atomic E-state index is 13.3. The van der Waals surface area contributed by atoms with Crippen LogP contribution in [0.1, 0.15) is 44.9 Å². The highest BCUT2D eigenvalue weighted by Gasteiger charge is 2.51. The number of piperidine rings is 1. The maximum absolute atomic E-state index is 13.3. The Morgan fingerprint density at radius 2 is 1.57 bits per heavy atom. The van der Waals surface area contributed by atoms with Crippen LogP contribution in [-0.4, -0.2) is 85.4 Å². The van der Waals surface area contributed by atoms with Crippen molar-refractivity contribution in [3.05, 3.63) is 0 Å². The molecule has 1 N–H and O–H groups in total. The minimum atomic E-state index is -0.135. The molecule has 4 fully saturated rings. The SMILES string of the molecule is Cl.Cl.O=C(CN1CCN(C(=O)[C@@]23CCCC[C@H]2CNC3)CC1)N1CCCCC1. The van der Waals surface area contributed by atoms with Crippen molar-refractivity contribution in [3.63, 3.8) is 0 Å². The smallest absolute Gasteiger partial charge is 0.236 e. The monoisotopic (exact) mass is 434 g/mol. The van der Waals surface area contributed by atoms with Crippen molar-refractivity contribution in [1.29, 1.82) is 0 Å². The van der Waals surface area contributed by atoms with E-state index >= 15 is 0 Å². The summed E-state index contributed by atoms with van der Waals surface area (Å²) in [5, 5.41) is 3.49. The number of nitrogens with zero attached hydrogens (tertiary/aromatic N) is 3. The lowest BCUT2D eigenvalue weighted by Crippen LogP contribution is -2.57. The third-order valence-electron chi connectivity index (χ3n) is 7.19. The molecule has 6 nitrogen and oxygen atoms in total. The van der Waals surface area contributed by atoms with Crippen molar-refractivity contribution >= 4 is 36.6 Å². The molecule has 0 aromatic heterocycles. The summed E-state index contributed by atoms with van der Waals surface area (Å²) in [5.74, 6) is 1.19. The predicted molar refractivity (Wildman–Crippen MR) is 115 cm³/mol. The van der Waals surface area contributed by atoms with Gasteiger partial charge < -0.3 is 15.1 Å². The normalized spacial score (nSPS) is 30.8. The molecule has 3 heterocycles. The Hall–Kier alpha value is -0.560. The number of halogens is 2. The largest absolute Gasteiger partial charge is 0.342 e. The van der Waals surface area contributed by atoms with Gasteiger partial charge in [0.05, 0.1) is 12.0 Å². The molecule has 3 aliphatic heterocycles. The van der Waals surface area contributed by atoms with E-state index < -0.39 is 0 Å². The van der Waals surface area contributed by atoms with Crippen LogP contribution in [0.15, 0.2) is 0 Å². The standard InChI is InChI=1S/C20H34N4O2.2ClH/c25-18(23-8-4-1-5-9-23)15-22-10-12-24(13-11-22)19(26)20-7-3-2-6-17(20)14-21-16-20;;/h17,21H,1-16H2;2*1H/t17-,20+;;/m0../s1. The van der Waals surface area contributed by atoms with Crippen molar-refractivity contribution in [3.8, 4) is 0 Å². The minimum absolute atomic E-state index is 0. The lowest BCUT2D eigenvalue weighted by atomic mass is 9.67. The lowest BCUT2D eigenvalue weighted by molar-refractivity contribution is -0.147. The van der Waals surface area contributed by atoms with E-state index in [1.54, 1.807) is 0 Å². The fraction of sp³-hybridized carbons (Fsp3) is 0.900. The molecule has 0 bridgehead atoms. The molecule has 1 saturated carbocycles. The molecule has 28 heavy (non-hydrogen) atoms. The Morgan fingerprint density at radius 3 is 2.29 bits per heavy atom. The van der Waals surface area contributed by atoms with Crippen LogP contribution in [0.3, 0.4) is 0 Å². The predicted octanol–water partition coefficient (Wildman–Crippen LogP) is 1.77. The van der Waals surface area contributed by atoms with Crippen LogP contribution in [0.4, 0.5) is 0 Å². The Bertz CT molecular complexity index is 536. The van der Waals surface area contributed by atoms with Gasteiger partial charge in [-0.05, 0) is 44.6 Å². The van der Waals surface area contributed by atoms with Crippen LogP contribution in [0.2, 0.25) is 0 Å². The number of hydrogen-bond donors (Lipinski definition) is 1. The number of carbonyl (C=O) groups excluding carboxylic acids is 2. The second-order valence-corrected chi connectivity index (χ2v) is 8.74. The zero-order valence-corrected chi connectivity index (χ0v) is 18.5. The van der Waals surface area contributed by atoms with Gasteiger partial charge in [0, 0.05) is 45.8 Å². The average Bonchev–Trinajstić information content (AvgIpc) is 3.14. The molecule has 2 atom stereocenters. The molecule has 4 aliphatic rings. The van der Waals surface area contributed by atoms with E-state index in [4.69, 9.17) is 0 Å². The van der Waals surface area contributed by atoms with Gasteiger partial charge in [0.15, 0.2) is 0 Å². The molecule has 0 radical (unpaired) electrons. The van der Waals surface area contributed by atoms with Gasteiger partial charge in [0.2, 0.25) is 11.8 Å². The van der Waals surface area contributed by atoms with Crippen LogP contribution in [0, 0.1) is 11.3 Å². The van der Waals surface area contributed by atoms with E-state index in [0.717, 1.165) is 71.6 Å². The van der Waals surface area contributed by atoms with E-state index in [0.29, 0.717) is 18.4 Å². The third kappa shape index (κ3) is 4.77. The summed E-state index contributed by atoms with van der Waals surface area (Å²) in [6.07, 6.45) is 8.25. The van der Waals surface area contributed by atoms with Gasteiger partial charge in [-0.3, -0.25) is 14.5 Å². The van der Waals surface area contributed by atoms with Crippen LogP contribution < -0.4 is 5.32 Å². The van der Waals surface area contributed by atoms with E-state index in [-0.39, 0.29) is 36.1 Å². The topological polar surface area (TPSA) is 55.9 Å². The second-order valence-electron chi connectivity index (χ2n) is 8.74. The average molecular weight is 435 g/mol. The highest BCUT2D eigenvalue weighted by molar-refractivity contribution is 5.86. The first-order valence-corrected chi connectivity index (χ1v) is 10.7. The minimum Gasteiger partial charge on any atom is -0.342 e. The van der Waals surface area contributed by atoms with Gasteiger partial charge in [-0.2, -0.15) is 0 Å². The van der Waals surface area contributed by atoms with Gasteiger partial charge in [0.1, 0.15) is 0 Å². The summed E-state index contributed by atoms with van der Waals surface area (Å²) in [7, 11) is 0. The fourth-order valence-electron chi connectivity index (χ4n) is 5.53. The van der Waals surface area contributed by atoms with E-state index in [2.05, 4.69) is 15.1 Å². The first-order chi connectivity index (χ1) is 12.7. The number of carbonyl (C=O) groups is 2. The van der Waals surface area contributed by atoms with Crippen LogP contribution >= 0.6 is 24.8 Å². The molecule has 0 aromatic carbocycles. The molecule has 0 aromatic rings. The fourth-order valence-corrected chi connectivity index (χ4v) is 5.53. The Labute approximate surface area is 181 Å². The van der Waals surface area contributed by atoms with E-state index in [1.165, 1.54) is 25.7 Å². The summed E-state index contributed by atoms with van der Waals surface area (Å²) in [6, 6.07) is 0. The maximum Gasteiger partial charge on any atom is 0.236 e. The van der Waals surface area contributed by atoms with Gasteiger partial charge in [-0.1, -0.05) is 12.8 Å². The number of nitrogens with one attached hydrogen (secondary N) is 1. The number of fused-ring (bicyclic) bond motifs is 1. The highest BCUT2D eigenvalue weighted by atomic mass is 35.5. The lowest BCUT2D eigenvalue weighted by Gasteiger charge is -2.43. The van der Waals surface area contributed by atoms with Gasteiger partial charge >= 0.3 is 0 Å². The summed E-state index contributed by atoms with van der Waals surface area (Å²) in [4.78, 5) is 32.2. The molecule has 0 spiro atoms. The first-order valence-electron chi connectivity index (χ1n) is 10.7. The van der Waals surface area contributed by atoms with Gasteiger partial charge in [-0.15, -0.1) is 24.8 Å². The molecule has 0 unspecified atom stereocenters. The Kier molecular flexibility index (Phi) is 8.86. The molecule has 4 rings (SSSR count). The van der Waals surface area contributed by atoms with Crippen molar-refractivity contribution < 1.29 is 9.59 Å². The number of likely N-dealkylation sites (tertiary alicyclic amines) is 1. The molecular weight excluding hydrogens is 399 g/mol. The van der Waals surface area contributed by atoms with Crippen LogP contribution in [-0.2, 0) is 9.59 Å². The third-order valence-corrected chi connectivity index (χ3v) is 7.19. The summed E-state index contributed by atoms with van der Waals surface area (Å²) < 4.78 is 0.